The first-order valence-corrected chi connectivity index (χ1v) is 13.1. The van der Waals surface area contributed by atoms with Gasteiger partial charge in [0.25, 0.3) is 5.91 Å². The molecule has 1 spiro atoms. The molecule has 10 nitrogen and oxygen atoms in total. The zero-order valence-electron chi connectivity index (χ0n) is 21.1. The number of aryl methyl sites for hydroxylation is 1. The molecule has 5 rings (SSSR count). The average Bonchev–Trinajstić information content (AvgIpc) is 3.66. The number of amides is 2. The third-order valence-corrected chi connectivity index (χ3v) is 7.93. The molecule has 10 heteroatoms. The van der Waals surface area contributed by atoms with E-state index in [-0.39, 0.29) is 29.2 Å². The van der Waals surface area contributed by atoms with Crippen LogP contribution in [0.25, 0.3) is 0 Å². The molecule has 0 aromatic carbocycles. The molecular weight excluding hydrogens is 446 g/mol. The molecule has 3 aliphatic heterocycles. The number of carbonyl (C=O) groups excluding carboxylic acids is 2. The van der Waals surface area contributed by atoms with Crippen LogP contribution in [0.2, 0.25) is 0 Å². The lowest BCUT2D eigenvalue weighted by molar-refractivity contribution is -0.131. The normalized spacial score (nSPS) is 22.6. The van der Waals surface area contributed by atoms with E-state index in [9.17, 15) is 9.59 Å². The minimum Gasteiger partial charge on any atom is -0.423 e. The summed E-state index contributed by atoms with van der Waals surface area (Å²) in [6.45, 7) is 11.1. The molecule has 5 heterocycles. The van der Waals surface area contributed by atoms with E-state index in [1.54, 1.807) is 10.7 Å². The lowest BCUT2D eigenvalue weighted by atomic mass is 9.76. The Morgan fingerprint density at radius 3 is 2.49 bits per heavy atom. The molecule has 190 valence electrons. The number of hydrogen-bond acceptors (Lipinski definition) is 7. The number of nitrogens with zero attached hydrogens (tertiary/aromatic N) is 7. The summed E-state index contributed by atoms with van der Waals surface area (Å²) >= 11 is 0. The molecule has 2 amide bonds. The van der Waals surface area contributed by atoms with Crippen molar-refractivity contribution in [2.45, 2.75) is 71.4 Å². The monoisotopic (exact) mass is 483 g/mol. The van der Waals surface area contributed by atoms with Crippen LogP contribution in [0, 0.1) is 5.41 Å². The highest BCUT2D eigenvalue weighted by Crippen LogP contribution is 2.49. The molecule has 0 aliphatic carbocycles. The lowest BCUT2D eigenvalue weighted by Crippen LogP contribution is -2.45. The number of likely N-dealkylation sites (tertiary alicyclic amines) is 3. The van der Waals surface area contributed by atoms with E-state index < -0.39 is 0 Å². The maximum Gasteiger partial charge on any atom is 0.274 e. The van der Waals surface area contributed by atoms with Crippen LogP contribution in [-0.2, 0) is 11.3 Å². The summed E-state index contributed by atoms with van der Waals surface area (Å²) in [4.78, 5) is 32.2. The van der Waals surface area contributed by atoms with Crippen molar-refractivity contribution in [2.75, 3.05) is 39.3 Å². The molecule has 3 aliphatic rings. The number of carbonyl (C=O) groups is 2. The number of hydrogen-bond donors (Lipinski definition) is 0. The van der Waals surface area contributed by atoms with Gasteiger partial charge in [0.1, 0.15) is 5.69 Å². The molecule has 1 atom stereocenters. The standard InChI is InChI=1S/C25H37N7O3/c1-4-32-12-7-19(28-32)24(34)30-13-8-25(9-14-30)15-20(23-27-26-22(35-23)18(2)3)31(17-25)16-21(33)29-10-5-6-11-29/h7,12,18,20H,4-6,8-11,13-17H2,1-3H3. The van der Waals surface area contributed by atoms with E-state index in [4.69, 9.17) is 4.42 Å². The van der Waals surface area contributed by atoms with Crippen molar-refractivity contribution in [1.29, 1.82) is 0 Å². The molecule has 1 unspecified atom stereocenters. The molecule has 2 aromatic rings. The summed E-state index contributed by atoms with van der Waals surface area (Å²) in [6, 6.07) is 1.74. The fraction of sp³-hybridized carbons (Fsp3) is 0.720. The van der Waals surface area contributed by atoms with Crippen molar-refractivity contribution in [2.24, 2.45) is 5.41 Å². The second-order valence-electron chi connectivity index (χ2n) is 10.7. The smallest absolute Gasteiger partial charge is 0.274 e. The first kappa shape index (κ1) is 24.0. The lowest BCUT2D eigenvalue weighted by Gasteiger charge is -2.39. The highest BCUT2D eigenvalue weighted by molar-refractivity contribution is 5.92. The van der Waals surface area contributed by atoms with Crippen LogP contribution in [-0.4, -0.2) is 85.8 Å². The SMILES string of the molecule is CCn1ccc(C(=O)N2CCC3(CC2)CC(c2nnc(C(C)C)o2)N(CC(=O)N2CCCC2)C3)n1. The Morgan fingerprint density at radius 1 is 1.11 bits per heavy atom. The molecule has 3 saturated heterocycles. The topological polar surface area (TPSA) is 101 Å². The summed E-state index contributed by atoms with van der Waals surface area (Å²) in [5, 5.41) is 13.0. The van der Waals surface area contributed by atoms with E-state index in [0.29, 0.717) is 37.1 Å². The Kier molecular flexibility index (Phi) is 6.65. The first-order valence-electron chi connectivity index (χ1n) is 13.1. The molecule has 2 aromatic heterocycles. The summed E-state index contributed by atoms with van der Waals surface area (Å²) in [7, 11) is 0. The first-order chi connectivity index (χ1) is 16.9. The number of aromatic nitrogens is 4. The Hall–Kier alpha value is -2.75. The highest BCUT2D eigenvalue weighted by atomic mass is 16.4. The maximum atomic E-state index is 13.0. The van der Waals surface area contributed by atoms with Gasteiger partial charge in [0.05, 0.1) is 12.6 Å². The average molecular weight is 484 g/mol. The van der Waals surface area contributed by atoms with Crippen molar-refractivity contribution in [3.63, 3.8) is 0 Å². The molecule has 0 saturated carbocycles. The molecule has 0 bridgehead atoms. The highest BCUT2D eigenvalue weighted by Gasteiger charge is 2.49. The van der Waals surface area contributed by atoms with Gasteiger partial charge in [-0.2, -0.15) is 5.10 Å². The molecule has 0 N–H and O–H groups in total. The van der Waals surface area contributed by atoms with Crippen LogP contribution in [0.4, 0.5) is 0 Å². The van der Waals surface area contributed by atoms with Gasteiger partial charge in [0.2, 0.25) is 17.7 Å². The van der Waals surface area contributed by atoms with Crippen molar-refractivity contribution < 1.29 is 14.0 Å². The fourth-order valence-corrected chi connectivity index (χ4v) is 5.77. The van der Waals surface area contributed by atoms with Gasteiger partial charge in [0, 0.05) is 51.4 Å². The zero-order valence-corrected chi connectivity index (χ0v) is 21.1. The summed E-state index contributed by atoms with van der Waals surface area (Å²) in [5.74, 6) is 1.60. The van der Waals surface area contributed by atoms with Crippen molar-refractivity contribution in [1.82, 2.24) is 34.7 Å². The van der Waals surface area contributed by atoms with Gasteiger partial charge in [-0.3, -0.25) is 19.2 Å². The maximum absolute atomic E-state index is 13.0. The van der Waals surface area contributed by atoms with Gasteiger partial charge in [0.15, 0.2) is 0 Å². The largest absolute Gasteiger partial charge is 0.423 e. The van der Waals surface area contributed by atoms with Gasteiger partial charge in [-0.15, -0.1) is 10.2 Å². The summed E-state index contributed by atoms with van der Waals surface area (Å²) in [5.41, 5.74) is 0.541. The number of piperidine rings is 1. The van der Waals surface area contributed by atoms with E-state index in [2.05, 4.69) is 20.2 Å². The van der Waals surface area contributed by atoms with Crippen LogP contribution in [0.15, 0.2) is 16.7 Å². The molecule has 0 radical (unpaired) electrons. The van der Waals surface area contributed by atoms with Gasteiger partial charge >= 0.3 is 0 Å². The van der Waals surface area contributed by atoms with Crippen LogP contribution in [0.3, 0.4) is 0 Å². The summed E-state index contributed by atoms with van der Waals surface area (Å²) < 4.78 is 7.85. The molecule has 3 fully saturated rings. The van der Waals surface area contributed by atoms with Crippen LogP contribution in [0.1, 0.15) is 87.1 Å². The minimum absolute atomic E-state index is 0.00106. The second kappa shape index (κ2) is 9.72. The number of rotatable bonds is 6. The fourth-order valence-electron chi connectivity index (χ4n) is 5.77. The predicted molar refractivity (Wildman–Crippen MR) is 129 cm³/mol. The Balaban J connectivity index is 1.30. The van der Waals surface area contributed by atoms with Crippen molar-refractivity contribution in [3.8, 4) is 0 Å². The van der Waals surface area contributed by atoms with Crippen molar-refractivity contribution in [3.05, 3.63) is 29.7 Å². The molecule has 35 heavy (non-hydrogen) atoms. The third-order valence-electron chi connectivity index (χ3n) is 7.93. The Bertz CT molecular complexity index is 1050. The molecular formula is C25H37N7O3. The third kappa shape index (κ3) is 4.85. The quantitative estimate of drug-likeness (QED) is 0.623. The van der Waals surface area contributed by atoms with Crippen LogP contribution >= 0.6 is 0 Å². The van der Waals surface area contributed by atoms with E-state index in [1.807, 2.05) is 36.8 Å². The van der Waals surface area contributed by atoms with E-state index in [1.165, 1.54) is 0 Å². The van der Waals surface area contributed by atoms with Crippen molar-refractivity contribution >= 4 is 11.8 Å². The minimum atomic E-state index is -0.0657. The van der Waals surface area contributed by atoms with Gasteiger partial charge in [-0.05, 0) is 50.5 Å². The van der Waals surface area contributed by atoms with Gasteiger partial charge < -0.3 is 14.2 Å². The van der Waals surface area contributed by atoms with Gasteiger partial charge in [-0.1, -0.05) is 13.8 Å². The van der Waals surface area contributed by atoms with E-state index in [0.717, 1.165) is 58.3 Å². The zero-order chi connectivity index (χ0) is 24.6. The second-order valence-corrected chi connectivity index (χ2v) is 10.7. The Labute approximate surface area is 206 Å². The Morgan fingerprint density at radius 2 is 1.86 bits per heavy atom. The summed E-state index contributed by atoms with van der Waals surface area (Å²) in [6.07, 6.45) is 6.67. The van der Waals surface area contributed by atoms with Crippen LogP contribution in [0.5, 0.6) is 0 Å². The predicted octanol–water partition coefficient (Wildman–Crippen LogP) is 2.70. The van der Waals surface area contributed by atoms with Gasteiger partial charge in [-0.25, -0.2) is 0 Å². The van der Waals surface area contributed by atoms with Crippen LogP contribution < -0.4 is 0 Å². The van der Waals surface area contributed by atoms with E-state index >= 15 is 0 Å².